The van der Waals surface area contributed by atoms with E-state index >= 15 is 0 Å². The highest BCUT2D eigenvalue weighted by Gasteiger charge is 2.18. The van der Waals surface area contributed by atoms with E-state index in [1.54, 1.807) is 0 Å². The van der Waals surface area contributed by atoms with Crippen LogP contribution >= 0.6 is 0 Å². The third-order valence-corrected chi connectivity index (χ3v) is 6.30. The van der Waals surface area contributed by atoms with Gasteiger partial charge in [0.1, 0.15) is 0 Å². The molecule has 29 heavy (non-hydrogen) atoms. The molecule has 0 amide bonds. The van der Waals surface area contributed by atoms with Gasteiger partial charge in [0.2, 0.25) is 0 Å². The van der Waals surface area contributed by atoms with Crippen molar-refractivity contribution in [1.29, 1.82) is 0 Å². The second-order valence-corrected chi connectivity index (χ2v) is 7.85. The minimum atomic E-state index is 1.24. The van der Waals surface area contributed by atoms with Crippen molar-refractivity contribution in [2.45, 2.75) is 0 Å². The molecule has 7 rings (SSSR count). The number of hydrogen-bond donors (Lipinski definition) is 0. The Kier molecular flexibility index (Phi) is 2.80. The first-order chi connectivity index (χ1) is 14.4. The van der Waals surface area contributed by atoms with Crippen molar-refractivity contribution in [2.24, 2.45) is 0 Å². The summed E-state index contributed by atoms with van der Waals surface area (Å²) in [7, 11) is 0. The Labute approximate surface area is 168 Å². The molecule has 1 aliphatic rings. The Bertz CT molecular complexity index is 1650. The van der Waals surface area contributed by atoms with E-state index < -0.39 is 0 Å². The third-order valence-electron chi connectivity index (χ3n) is 6.30. The summed E-state index contributed by atoms with van der Waals surface area (Å²) in [6.45, 7) is 0. The number of rotatable bonds is 0. The molecule has 0 saturated heterocycles. The molecular weight excluding hydrogens is 350 g/mol. The summed E-state index contributed by atoms with van der Waals surface area (Å²) in [5.41, 5.74) is 6.33. The van der Waals surface area contributed by atoms with Gasteiger partial charge in [-0.25, -0.2) is 0 Å². The lowest BCUT2D eigenvalue weighted by Crippen LogP contribution is -1.96. The number of fused-ring (bicyclic) bond motifs is 8. The van der Waals surface area contributed by atoms with Crippen LogP contribution in [0.2, 0.25) is 0 Å². The lowest BCUT2D eigenvalue weighted by atomic mass is 9.99. The van der Waals surface area contributed by atoms with E-state index in [9.17, 15) is 0 Å². The summed E-state index contributed by atoms with van der Waals surface area (Å²) in [6, 6.07) is 33.2. The van der Waals surface area contributed by atoms with Crippen molar-refractivity contribution >= 4 is 55.5 Å². The molecule has 6 aromatic rings. The van der Waals surface area contributed by atoms with Gasteiger partial charge in [0.25, 0.3) is 0 Å². The van der Waals surface area contributed by atoms with Crippen LogP contribution < -0.4 is 0 Å². The van der Waals surface area contributed by atoms with Crippen molar-refractivity contribution in [3.63, 3.8) is 0 Å². The van der Waals surface area contributed by atoms with E-state index in [2.05, 4.69) is 108 Å². The fourth-order valence-corrected chi connectivity index (χ4v) is 4.99. The molecule has 0 aliphatic carbocycles. The maximum absolute atomic E-state index is 2.45. The van der Waals surface area contributed by atoms with Crippen LogP contribution in [-0.4, -0.2) is 4.57 Å². The number of benzene rings is 5. The maximum atomic E-state index is 2.45. The van der Waals surface area contributed by atoms with Gasteiger partial charge in [0.15, 0.2) is 0 Å². The fraction of sp³-hybridized carbons (Fsp3) is 0. The minimum Gasteiger partial charge on any atom is -0.308 e. The van der Waals surface area contributed by atoms with E-state index in [1.807, 2.05) is 0 Å². The SMILES string of the molecule is C1=Cc2cccc3c4cc5ccc6ccccc6c5cc4n(c23)-c2ccccc21. The van der Waals surface area contributed by atoms with Crippen molar-refractivity contribution in [3.8, 4) is 5.69 Å². The summed E-state index contributed by atoms with van der Waals surface area (Å²) in [5.74, 6) is 0. The van der Waals surface area contributed by atoms with Gasteiger partial charge in [0, 0.05) is 10.8 Å². The molecule has 0 atom stereocenters. The topological polar surface area (TPSA) is 4.93 Å². The molecule has 0 radical (unpaired) electrons. The van der Waals surface area contributed by atoms with Crippen LogP contribution in [-0.2, 0) is 0 Å². The third kappa shape index (κ3) is 1.94. The molecule has 1 aromatic heterocycles. The van der Waals surface area contributed by atoms with Crippen LogP contribution in [0.5, 0.6) is 0 Å². The molecule has 0 saturated carbocycles. The Balaban J connectivity index is 1.77. The molecule has 1 heteroatoms. The largest absolute Gasteiger partial charge is 0.308 e. The highest BCUT2D eigenvalue weighted by Crippen LogP contribution is 2.40. The van der Waals surface area contributed by atoms with Gasteiger partial charge in [-0.3, -0.25) is 0 Å². The first-order valence-corrected chi connectivity index (χ1v) is 10.0. The normalized spacial score (nSPS) is 12.7. The van der Waals surface area contributed by atoms with Gasteiger partial charge in [-0.15, -0.1) is 0 Å². The Morgan fingerprint density at radius 1 is 0.483 bits per heavy atom. The van der Waals surface area contributed by atoms with E-state index in [0.717, 1.165) is 0 Å². The zero-order chi connectivity index (χ0) is 18.9. The average Bonchev–Trinajstić information content (AvgIpc) is 2.99. The second kappa shape index (κ2) is 5.36. The van der Waals surface area contributed by atoms with Gasteiger partial charge >= 0.3 is 0 Å². The number of para-hydroxylation sites is 2. The zero-order valence-corrected chi connectivity index (χ0v) is 15.8. The van der Waals surface area contributed by atoms with E-state index in [4.69, 9.17) is 0 Å². The van der Waals surface area contributed by atoms with Gasteiger partial charge in [-0.1, -0.05) is 84.9 Å². The highest BCUT2D eigenvalue weighted by molar-refractivity contribution is 6.19. The molecule has 5 aromatic carbocycles. The Morgan fingerprint density at radius 2 is 1.24 bits per heavy atom. The highest BCUT2D eigenvalue weighted by atomic mass is 15.0. The molecule has 0 fully saturated rings. The summed E-state index contributed by atoms with van der Waals surface area (Å²) in [5, 5.41) is 7.83. The molecule has 134 valence electrons. The maximum Gasteiger partial charge on any atom is 0.0613 e. The molecule has 0 bridgehead atoms. The minimum absolute atomic E-state index is 1.24. The second-order valence-electron chi connectivity index (χ2n) is 7.85. The molecule has 1 nitrogen and oxygen atoms in total. The Hall–Kier alpha value is -3.84. The van der Waals surface area contributed by atoms with Crippen molar-refractivity contribution in [3.05, 3.63) is 102 Å². The molecule has 0 N–H and O–H groups in total. The summed E-state index contributed by atoms with van der Waals surface area (Å²) in [6.07, 6.45) is 4.48. The van der Waals surface area contributed by atoms with E-state index in [-0.39, 0.29) is 0 Å². The van der Waals surface area contributed by atoms with Crippen LogP contribution in [0.1, 0.15) is 11.1 Å². The number of nitrogens with zero attached hydrogens (tertiary/aromatic N) is 1. The molecule has 0 unspecified atom stereocenters. The molecule has 1 aliphatic heterocycles. The lowest BCUT2D eigenvalue weighted by molar-refractivity contribution is 1.18. The summed E-state index contributed by atoms with van der Waals surface area (Å²) < 4.78 is 2.45. The molecule has 0 spiro atoms. The monoisotopic (exact) mass is 367 g/mol. The van der Waals surface area contributed by atoms with Crippen LogP contribution in [0.3, 0.4) is 0 Å². The quantitative estimate of drug-likeness (QED) is 0.244. The summed E-state index contributed by atoms with van der Waals surface area (Å²) in [4.78, 5) is 0. The van der Waals surface area contributed by atoms with Crippen LogP contribution in [0.25, 0.3) is 61.2 Å². The van der Waals surface area contributed by atoms with Crippen LogP contribution in [0.4, 0.5) is 0 Å². The van der Waals surface area contributed by atoms with Gasteiger partial charge in [0.05, 0.1) is 16.7 Å². The average molecular weight is 367 g/mol. The van der Waals surface area contributed by atoms with E-state index in [0.29, 0.717) is 0 Å². The van der Waals surface area contributed by atoms with Crippen molar-refractivity contribution < 1.29 is 0 Å². The first-order valence-electron chi connectivity index (χ1n) is 10.0. The number of aromatic nitrogens is 1. The van der Waals surface area contributed by atoms with Crippen molar-refractivity contribution in [1.82, 2.24) is 4.57 Å². The zero-order valence-electron chi connectivity index (χ0n) is 15.8. The smallest absolute Gasteiger partial charge is 0.0613 e. The molecular formula is C28H17N. The first kappa shape index (κ1) is 15.1. The standard InChI is InChI=1S/C28H17N/c1-3-9-22-18(6-1)12-15-21-16-25-23-10-5-8-20-14-13-19-7-2-4-11-26(19)29(28(20)23)27(25)17-24(21)22/h1-17H. The van der Waals surface area contributed by atoms with E-state index in [1.165, 1.54) is 60.2 Å². The predicted molar refractivity (Wildman–Crippen MR) is 125 cm³/mol. The van der Waals surface area contributed by atoms with Gasteiger partial charge in [-0.05, 0) is 50.9 Å². The predicted octanol–water partition coefficient (Wildman–Crippen LogP) is 7.57. The van der Waals surface area contributed by atoms with Crippen molar-refractivity contribution in [2.75, 3.05) is 0 Å². The Morgan fingerprint density at radius 3 is 2.24 bits per heavy atom. The van der Waals surface area contributed by atoms with Gasteiger partial charge in [-0.2, -0.15) is 0 Å². The van der Waals surface area contributed by atoms with Gasteiger partial charge < -0.3 is 4.57 Å². The fourth-order valence-electron chi connectivity index (χ4n) is 4.99. The molecule has 2 heterocycles. The lowest BCUT2D eigenvalue weighted by Gasteiger charge is -2.11. The van der Waals surface area contributed by atoms with Crippen LogP contribution in [0.15, 0.2) is 91.0 Å². The van der Waals surface area contributed by atoms with Crippen LogP contribution in [0, 0.1) is 0 Å². The summed E-state index contributed by atoms with van der Waals surface area (Å²) >= 11 is 0. The number of hydrogen-bond acceptors (Lipinski definition) is 0.